The largest absolute Gasteiger partial charge is 0.370 e. The lowest BCUT2D eigenvalue weighted by Crippen LogP contribution is -2.35. The summed E-state index contributed by atoms with van der Waals surface area (Å²) in [6.07, 6.45) is 0.657. The van der Waals surface area contributed by atoms with Crippen molar-refractivity contribution in [2.24, 2.45) is 0 Å². The van der Waals surface area contributed by atoms with Gasteiger partial charge in [-0.3, -0.25) is 10.1 Å². The Labute approximate surface area is 175 Å². The molecule has 0 atom stereocenters. The van der Waals surface area contributed by atoms with E-state index in [9.17, 15) is 18.5 Å². The number of anilines is 1. The van der Waals surface area contributed by atoms with Crippen LogP contribution in [-0.2, 0) is 10.0 Å². The highest BCUT2D eigenvalue weighted by Crippen LogP contribution is 2.33. The minimum Gasteiger partial charge on any atom is -0.370 e. The zero-order valence-corrected chi connectivity index (χ0v) is 17.4. The van der Waals surface area contributed by atoms with Gasteiger partial charge in [-0.25, -0.2) is 13.4 Å². The maximum Gasteiger partial charge on any atom is 0.295 e. The van der Waals surface area contributed by atoms with Gasteiger partial charge in [-0.2, -0.15) is 4.31 Å². The summed E-state index contributed by atoms with van der Waals surface area (Å²) in [4.78, 5) is 17.8. The summed E-state index contributed by atoms with van der Waals surface area (Å²) in [5, 5.41) is 12.1. The molecular weight excluding hydrogens is 404 g/mol. The fourth-order valence-electron chi connectivity index (χ4n) is 3.87. The molecule has 30 heavy (non-hydrogen) atoms. The molecule has 1 fully saturated rings. The minimum absolute atomic E-state index is 0.0273. The average molecular weight is 426 g/mol. The van der Waals surface area contributed by atoms with E-state index in [2.05, 4.69) is 9.88 Å². The Morgan fingerprint density at radius 3 is 2.50 bits per heavy atom. The van der Waals surface area contributed by atoms with Crippen LogP contribution in [0.15, 0.2) is 59.5 Å². The molecule has 0 bridgehead atoms. The van der Waals surface area contributed by atoms with Gasteiger partial charge in [0.1, 0.15) is 0 Å². The fourth-order valence-corrected chi connectivity index (χ4v) is 5.36. The lowest BCUT2D eigenvalue weighted by molar-refractivity contribution is -0.383. The molecule has 2 heterocycles. The number of fused-ring (bicyclic) bond motifs is 1. The van der Waals surface area contributed by atoms with E-state index in [1.165, 1.54) is 10.4 Å². The first-order chi connectivity index (χ1) is 14.4. The molecule has 0 amide bonds. The summed E-state index contributed by atoms with van der Waals surface area (Å²) >= 11 is 0. The molecule has 0 radical (unpaired) electrons. The highest BCUT2D eigenvalue weighted by molar-refractivity contribution is 7.89. The molecule has 0 spiro atoms. The third-order valence-electron chi connectivity index (χ3n) is 5.30. The molecule has 0 N–H and O–H groups in total. The highest BCUT2D eigenvalue weighted by Gasteiger charge is 2.28. The number of sulfonamides is 1. The van der Waals surface area contributed by atoms with Gasteiger partial charge in [0.05, 0.1) is 9.82 Å². The topological polar surface area (TPSA) is 96.7 Å². The molecule has 9 heteroatoms. The third kappa shape index (κ3) is 3.73. The number of nitrogens with zero attached hydrogens (tertiary/aromatic N) is 4. The summed E-state index contributed by atoms with van der Waals surface area (Å²) in [6, 6.07) is 15.3. The lowest BCUT2D eigenvalue weighted by Gasteiger charge is -2.25. The van der Waals surface area contributed by atoms with Gasteiger partial charge in [0.15, 0.2) is 5.52 Å². The highest BCUT2D eigenvalue weighted by atomic mass is 32.2. The minimum atomic E-state index is -3.55. The SMILES string of the molecule is Cc1cc(N2CCCN(S(=O)(=O)c3ccccc3)CC2)c2cccc([N+](=O)[O-])c2n1. The number of para-hydroxylation sites is 1. The summed E-state index contributed by atoms with van der Waals surface area (Å²) in [5.41, 5.74) is 1.86. The molecule has 1 aliphatic rings. The molecule has 2 aromatic carbocycles. The van der Waals surface area contributed by atoms with E-state index < -0.39 is 14.9 Å². The fraction of sp³-hybridized carbons (Fsp3) is 0.286. The average Bonchev–Trinajstić information content (AvgIpc) is 3.00. The quantitative estimate of drug-likeness (QED) is 0.469. The van der Waals surface area contributed by atoms with Gasteiger partial charge in [-0.05, 0) is 31.5 Å². The van der Waals surface area contributed by atoms with Crippen LogP contribution >= 0.6 is 0 Å². The number of hydrogen-bond donors (Lipinski definition) is 0. The standard InChI is InChI=1S/C21H22N4O4S/c1-16-15-20(18-9-5-10-19(25(26)27)21(18)22-16)23-11-6-12-24(14-13-23)30(28,29)17-7-3-2-4-8-17/h2-5,7-10,15H,6,11-14H2,1H3. The van der Waals surface area contributed by atoms with E-state index in [0.717, 1.165) is 5.69 Å². The molecule has 0 aliphatic carbocycles. The van der Waals surface area contributed by atoms with Crippen LogP contribution in [0.25, 0.3) is 10.9 Å². The molecule has 156 valence electrons. The van der Waals surface area contributed by atoms with Crippen molar-refractivity contribution < 1.29 is 13.3 Å². The van der Waals surface area contributed by atoms with Gasteiger partial charge in [0, 0.05) is 49.0 Å². The molecule has 1 aliphatic heterocycles. The monoisotopic (exact) mass is 426 g/mol. The van der Waals surface area contributed by atoms with Gasteiger partial charge < -0.3 is 4.90 Å². The Morgan fingerprint density at radius 2 is 1.77 bits per heavy atom. The smallest absolute Gasteiger partial charge is 0.295 e. The van der Waals surface area contributed by atoms with E-state index >= 15 is 0 Å². The molecule has 8 nitrogen and oxygen atoms in total. The normalized spacial score (nSPS) is 15.8. The van der Waals surface area contributed by atoms with E-state index in [-0.39, 0.29) is 5.69 Å². The predicted octanol–water partition coefficient (Wildman–Crippen LogP) is 3.35. The van der Waals surface area contributed by atoms with Crippen molar-refractivity contribution in [3.05, 3.63) is 70.4 Å². The van der Waals surface area contributed by atoms with Crippen molar-refractivity contribution in [3.63, 3.8) is 0 Å². The summed E-state index contributed by atoms with van der Waals surface area (Å²) in [5.74, 6) is 0. The third-order valence-corrected chi connectivity index (χ3v) is 7.21. The van der Waals surface area contributed by atoms with Crippen molar-refractivity contribution in [1.29, 1.82) is 0 Å². The van der Waals surface area contributed by atoms with Crippen molar-refractivity contribution in [3.8, 4) is 0 Å². The second kappa shape index (κ2) is 8.00. The number of nitro groups is 1. The van der Waals surface area contributed by atoms with Crippen LogP contribution in [0.3, 0.4) is 0 Å². The number of non-ortho nitro benzene ring substituents is 1. The molecule has 3 aromatic rings. The number of nitro benzene ring substituents is 1. The van der Waals surface area contributed by atoms with Crippen LogP contribution in [0.5, 0.6) is 0 Å². The lowest BCUT2D eigenvalue weighted by atomic mass is 10.1. The van der Waals surface area contributed by atoms with Crippen LogP contribution in [0.1, 0.15) is 12.1 Å². The van der Waals surface area contributed by atoms with E-state index in [0.29, 0.717) is 54.1 Å². The zero-order chi connectivity index (χ0) is 21.3. The molecular formula is C21H22N4O4S. The first kappa shape index (κ1) is 20.2. The van der Waals surface area contributed by atoms with Gasteiger partial charge in [-0.1, -0.05) is 30.3 Å². The van der Waals surface area contributed by atoms with Crippen LogP contribution < -0.4 is 4.90 Å². The first-order valence-electron chi connectivity index (χ1n) is 9.73. The van der Waals surface area contributed by atoms with Gasteiger partial charge >= 0.3 is 0 Å². The summed E-state index contributed by atoms with van der Waals surface area (Å²) in [7, 11) is -3.55. The van der Waals surface area contributed by atoms with Gasteiger partial charge in [0.25, 0.3) is 5.69 Å². The Balaban J connectivity index is 1.67. The van der Waals surface area contributed by atoms with Crippen molar-refractivity contribution >= 4 is 32.3 Å². The molecule has 0 unspecified atom stereocenters. The second-order valence-electron chi connectivity index (χ2n) is 7.27. The van der Waals surface area contributed by atoms with Crippen molar-refractivity contribution in [2.75, 3.05) is 31.1 Å². The van der Waals surface area contributed by atoms with Gasteiger partial charge in [-0.15, -0.1) is 0 Å². The van der Waals surface area contributed by atoms with Crippen LogP contribution in [0, 0.1) is 17.0 Å². The van der Waals surface area contributed by atoms with Crippen LogP contribution in [0.4, 0.5) is 11.4 Å². The second-order valence-corrected chi connectivity index (χ2v) is 9.21. The number of aryl methyl sites for hydroxylation is 1. The Morgan fingerprint density at radius 1 is 1.00 bits per heavy atom. The zero-order valence-electron chi connectivity index (χ0n) is 16.6. The van der Waals surface area contributed by atoms with Crippen molar-refractivity contribution in [2.45, 2.75) is 18.2 Å². The van der Waals surface area contributed by atoms with Crippen LogP contribution in [0.2, 0.25) is 0 Å². The Kier molecular flexibility index (Phi) is 5.40. The van der Waals surface area contributed by atoms with Crippen LogP contribution in [-0.4, -0.2) is 48.8 Å². The number of benzene rings is 2. The molecule has 1 saturated heterocycles. The Hall–Kier alpha value is -3.04. The maximum absolute atomic E-state index is 13.0. The first-order valence-corrected chi connectivity index (χ1v) is 11.2. The molecule has 4 rings (SSSR count). The van der Waals surface area contributed by atoms with E-state index in [4.69, 9.17) is 0 Å². The number of aromatic nitrogens is 1. The molecule has 1 aromatic heterocycles. The maximum atomic E-state index is 13.0. The molecule has 0 saturated carbocycles. The number of rotatable bonds is 4. The number of hydrogen-bond acceptors (Lipinski definition) is 6. The van der Waals surface area contributed by atoms with E-state index in [1.807, 2.05) is 19.1 Å². The Bertz CT molecular complexity index is 1200. The number of pyridine rings is 1. The summed E-state index contributed by atoms with van der Waals surface area (Å²) < 4.78 is 27.5. The van der Waals surface area contributed by atoms with Crippen molar-refractivity contribution in [1.82, 2.24) is 9.29 Å². The van der Waals surface area contributed by atoms with Gasteiger partial charge in [0.2, 0.25) is 10.0 Å². The van der Waals surface area contributed by atoms with E-state index in [1.54, 1.807) is 36.4 Å². The predicted molar refractivity (Wildman–Crippen MR) is 115 cm³/mol. The summed E-state index contributed by atoms with van der Waals surface area (Å²) in [6.45, 7) is 3.73.